The highest BCUT2D eigenvalue weighted by molar-refractivity contribution is 5.21. The fourth-order valence-electron chi connectivity index (χ4n) is 2.38. The van der Waals surface area contributed by atoms with Gasteiger partial charge < -0.3 is 5.32 Å². The SMILES string of the molecule is CCNC(Cc1ncnn1CC(C)C)c1ccc(F)cc1. The normalized spacial score (nSPS) is 12.8. The van der Waals surface area contributed by atoms with Crippen molar-refractivity contribution in [3.63, 3.8) is 0 Å². The molecule has 0 radical (unpaired) electrons. The lowest BCUT2D eigenvalue weighted by atomic mass is 10.0. The van der Waals surface area contributed by atoms with Crippen LogP contribution in [0, 0.1) is 11.7 Å². The van der Waals surface area contributed by atoms with Crippen LogP contribution in [-0.2, 0) is 13.0 Å². The van der Waals surface area contributed by atoms with E-state index < -0.39 is 0 Å². The zero-order chi connectivity index (χ0) is 15.2. The highest BCUT2D eigenvalue weighted by atomic mass is 19.1. The number of hydrogen-bond acceptors (Lipinski definition) is 3. The number of likely N-dealkylation sites (N-methyl/N-ethyl adjacent to an activating group) is 1. The smallest absolute Gasteiger partial charge is 0.138 e. The van der Waals surface area contributed by atoms with Gasteiger partial charge in [-0.2, -0.15) is 5.10 Å². The Morgan fingerprint density at radius 2 is 1.95 bits per heavy atom. The Labute approximate surface area is 125 Å². The Bertz CT molecular complexity index is 548. The van der Waals surface area contributed by atoms with Crippen LogP contribution in [-0.4, -0.2) is 21.3 Å². The second-order valence-corrected chi connectivity index (χ2v) is 5.62. The molecule has 2 aromatic rings. The molecule has 1 aromatic heterocycles. The van der Waals surface area contributed by atoms with Gasteiger partial charge in [0.25, 0.3) is 0 Å². The minimum absolute atomic E-state index is 0.116. The first kappa shape index (κ1) is 15.6. The van der Waals surface area contributed by atoms with Gasteiger partial charge in [0.1, 0.15) is 18.0 Å². The number of nitrogens with zero attached hydrogens (tertiary/aromatic N) is 3. The molecular weight excluding hydrogens is 267 g/mol. The number of aromatic nitrogens is 3. The minimum Gasteiger partial charge on any atom is -0.310 e. The van der Waals surface area contributed by atoms with Crippen LogP contribution < -0.4 is 5.32 Å². The van der Waals surface area contributed by atoms with Crippen molar-refractivity contribution in [2.24, 2.45) is 5.92 Å². The van der Waals surface area contributed by atoms with E-state index in [1.807, 2.05) is 16.8 Å². The third-order valence-electron chi connectivity index (χ3n) is 3.34. The third kappa shape index (κ3) is 4.36. The summed E-state index contributed by atoms with van der Waals surface area (Å²) in [6, 6.07) is 6.76. The maximum Gasteiger partial charge on any atom is 0.138 e. The fraction of sp³-hybridized carbons (Fsp3) is 0.500. The van der Waals surface area contributed by atoms with Crippen molar-refractivity contribution in [3.05, 3.63) is 47.8 Å². The number of halogens is 1. The summed E-state index contributed by atoms with van der Waals surface area (Å²) in [6.07, 6.45) is 2.34. The Morgan fingerprint density at radius 1 is 1.24 bits per heavy atom. The lowest BCUT2D eigenvalue weighted by molar-refractivity contribution is 0.446. The van der Waals surface area contributed by atoms with E-state index in [1.165, 1.54) is 12.1 Å². The zero-order valence-corrected chi connectivity index (χ0v) is 12.9. The summed E-state index contributed by atoms with van der Waals surface area (Å²) in [5.41, 5.74) is 1.07. The molecule has 5 heteroatoms. The van der Waals surface area contributed by atoms with Gasteiger partial charge in [-0.15, -0.1) is 0 Å². The van der Waals surface area contributed by atoms with Gasteiger partial charge in [-0.25, -0.2) is 14.1 Å². The Morgan fingerprint density at radius 3 is 2.57 bits per heavy atom. The molecule has 0 aliphatic rings. The van der Waals surface area contributed by atoms with Crippen LogP contribution in [0.4, 0.5) is 4.39 Å². The van der Waals surface area contributed by atoms with Gasteiger partial charge >= 0.3 is 0 Å². The topological polar surface area (TPSA) is 42.7 Å². The van der Waals surface area contributed by atoms with Crippen molar-refractivity contribution in [1.82, 2.24) is 20.1 Å². The average molecular weight is 290 g/mol. The van der Waals surface area contributed by atoms with Crippen LogP contribution in [0.15, 0.2) is 30.6 Å². The van der Waals surface area contributed by atoms with Crippen LogP contribution in [0.3, 0.4) is 0 Å². The first-order valence-corrected chi connectivity index (χ1v) is 7.45. The molecule has 0 fully saturated rings. The molecular formula is C16H23FN4. The minimum atomic E-state index is -0.211. The summed E-state index contributed by atoms with van der Waals surface area (Å²) in [4.78, 5) is 4.37. The predicted octanol–water partition coefficient (Wildman–Crippen LogP) is 2.97. The molecule has 1 heterocycles. The first-order chi connectivity index (χ1) is 10.1. The molecule has 1 N–H and O–H groups in total. The molecule has 2 rings (SSSR count). The van der Waals surface area contributed by atoms with Crippen molar-refractivity contribution in [2.45, 2.75) is 39.8 Å². The largest absolute Gasteiger partial charge is 0.310 e. The maximum absolute atomic E-state index is 13.1. The van der Waals surface area contributed by atoms with Crippen molar-refractivity contribution in [3.8, 4) is 0 Å². The van der Waals surface area contributed by atoms with Gasteiger partial charge in [-0.3, -0.25) is 0 Å². The summed E-state index contributed by atoms with van der Waals surface area (Å²) in [5.74, 6) is 1.27. The molecule has 0 spiro atoms. The average Bonchev–Trinajstić information content (AvgIpc) is 2.86. The molecule has 21 heavy (non-hydrogen) atoms. The summed E-state index contributed by atoms with van der Waals surface area (Å²) in [5, 5.41) is 7.73. The lowest BCUT2D eigenvalue weighted by Gasteiger charge is -2.19. The van der Waals surface area contributed by atoms with Gasteiger partial charge in [0.15, 0.2) is 0 Å². The van der Waals surface area contributed by atoms with E-state index in [0.29, 0.717) is 5.92 Å². The quantitative estimate of drug-likeness (QED) is 0.852. The molecule has 0 saturated heterocycles. The molecule has 0 saturated carbocycles. The van der Waals surface area contributed by atoms with E-state index >= 15 is 0 Å². The highest BCUT2D eigenvalue weighted by Gasteiger charge is 2.15. The second-order valence-electron chi connectivity index (χ2n) is 5.62. The molecule has 0 bridgehead atoms. The molecule has 4 nitrogen and oxygen atoms in total. The second kappa shape index (κ2) is 7.31. The van der Waals surface area contributed by atoms with Crippen molar-refractivity contribution < 1.29 is 4.39 Å². The van der Waals surface area contributed by atoms with E-state index in [4.69, 9.17) is 0 Å². The third-order valence-corrected chi connectivity index (χ3v) is 3.34. The molecule has 0 aliphatic carbocycles. The van der Waals surface area contributed by atoms with Crippen LogP contribution in [0.2, 0.25) is 0 Å². The van der Waals surface area contributed by atoms with Gasteiger partial charge in [0.05, 0.1) is 0 Å². The Balaban J connectivity index is 2.16. The summed E-state index contributed by atoms with van der Waals surface area (Å²) < 4.78 is 15.0. The van der Waals surface area contributed by atoms with Gasteiger partial charge in [0.2, 0.25) is 0 Å². The van der Waals surface area contributed by atoms with Crippen LogP contribution in [0.1, 0.15) is 38.2 Å². The van der Waals surface area contributed by atoms with E-state index in [2.05, 4.69) is 36.2 Å². The Hall–Kier alpha value is -1.75. The van der Waals surface area contributed by atoms with E-state index in [-0.39, 0.29) is 11.9 Å². The van der Waals surface area contributed by atoms with E-state index in [1.54, 1.807) is 6.33 Å². The van der Waals surface area contributed by atoms with E-state index in [9.17, 15) is 4.39 Å². The molecule has 114 valence electrons. The van der Waals surface area contributed by atoms with E-state index in [0.717, 1.165) is 30.9 Å². The predicted molar refractivity (Wildman–Crippen MR) is 81.4 cm³/mol. The molecule has 1 unspecified atom stereocenters. The first-order valence-electron chi connectivity index (χ1n) is 7.45. The number of nitrogens with one attached hydrogen (secondary N) is 1. The van der Waals surface area contributed by atoms with Crippen molar-refractivity contribution in [1.29, 1.82) is 0 Å². The summed E-state index contributed by atoms with van der Waals surface area (Å²) >= 11 is 0. The van der Waals surface area contributed by atoms with Crippen molar-refractivity contribution in [2.75, 3.05) is 6.54 Å². The van der Waals surface area contributed by atoms with Gasteiger partial charge in [0, 0.05) is 19.0 Å². The maximum atomic E-state index is 13.1. The summed E-state index contributed by atoms with van der Waals surface area (Å²) in [6.45, 7) is 8.09. The Kier molecular flexibility index (Phi) is 5.44. The number of benzene rings is 1. The number of hydrogen-bond donors (Lipinski definition) is 1. The fourth-order valence-corrected chi connectivity index (χ4v) is 2.38. The molecule has 0 amide bonds. The van der Waals surface area contributed by atoms with Gasteiger partial charge in [-0.05, 0) is 30.2 Å². The molecule has 0 aliphatic heterocycles. The monoisotopic (exact) mass is 290 g/mol. The standard InChI is InChI=1S/C16H23FN4/c1-4-18-15(13-5-7-14(17)8-6-13)9-16-19-11-20-21(16)10-12(2)3/h5-8,11-12,15,18H,4,9-10H2,1-3H3. The van der Waals surface area contributed by atoms with Crippen LogP contribution >= 0.6 is 0 Å². The van der Waals surface area contributed by atoms with Crippen LogP contribution in [0.5, 0.6) is 0 Å². The lowest BCUT2D eigenvalue weighted by Crippen LogP contribution is -2.25. The molecule has 1 aromatic carbocycles. The van der Waals surface area contributed by atoms with Crippen molar-refractivity contribution >= 4 is 0 Å². The van der Waals surface area contributed by atoms with Gasteiger partial charge in [-0.1, -0.05) is 32.9 Å². The number of rotatable bonds is 7. The zero-order valence-electron chi connectivity index (χ0n) is 12.9. The highest BCUT2D eigenvalue weighted by Crippen LogP contribution is 2.18. The van der Waals surface area contributed by atoms with Crippen LogP contribution in [0.25, 0.3) is 0 Å². The molecule has 1 atom stereocenters. The summed E-state index contributed by atoms with van der Waals surface area (Å²) in [7, 11) is 0.